The van der Waals surface area contributed by atoms with Crippen LogP contribution in [0.3, 0.4) is 0 Å². The van der Waals surface area contributed by atoms with Crippen LogP contribution in [0.1, 0.15) is 12.5 Å². The second-order valence-corrected chi connectivity index (χ2v) is 4.83. The summed E-state index contributed by atoms with van der Waals surface area (Å²) in [7, 11) is 0. The molecule has 1 heterocycles. The van der Waals surface area contributed by atoms with Crippen LogP contribution >= 0.6 is 15.9 Å². The van der Waals surface area contributed by atoms with Crippen molar-refractivity contribution in [3.63, 3.8) is 0 Å². The third-order valence-corrected chi connectivity index (χ3v) is 3.05. The van der Waals surface area contributed by atoms with Gasteiger partial charge in [-0.3, -0.25) is 4.99 Å². The van der Waals surface area contributed by atoms with Crippen molar-refractivity contribution >= 4 is 27.7 Å². The number of esters is 1. The lowest BCUT2D eigenvalue weighted by molar-refractivity contribution is -0.139. The molecule has 1 aliphatic heterocycles. The summed E-state index contributed by atoms with van der Waals surface area (Å²) >= 11 is 3.22. The molecule has 0 atom stereocenters. The molecular formula is C13H11BrF2N2O2. The molecular weight excluding hydrogens is 334 g/mol. The van der Waals surface area contributed by atoms with Gasteiger partial charge in [-0.05, 0) is 25.1 Å². The van der Waals surface area contributed by atoms with E-state index in [1.54, 1.807) is 6.92 Å². The minimum Gasteiger partial charge on any atom is -0.461 e. The van der Waals surface area contributed by atoms with Gasteiger partial charge in [0.2, 0.25) is 0 Å². The van der Waals surface area contributed by atoms with E-state index in [9.17, 15) is 13.6 Å². The van der Waals surface area contributed by atoms with Crippen molar-refractivity contribution in [1.82, 2.24) is 5.32 Å². The highest BCUT2D eigenvalue weighted by Crippen LogP contribution is 2.19. The van der Waals surface area contributed by atoms with Crippen molar-refractivity contribution in [2.45, 2.75) is 6.92 Å². The fourth-order valence-electron chi connectivity index (χ4n) is 1.65. The Hall–Kier alpha value is -1.76. The summed E-state index contributed by atoms with van der Waals surface area (Å²) in [6, 6.07) is 4.28. The van der Waals surface area contributed by atoms with E-state index in [1.807, 2.05) is 0 Å². The number of benzene rings is 1. The number of hydrogen-bond acceptors (Lipinski definition) is 4. The summed E-state index contributed by atoms with van der Waals surface area (Å²) in [6.45, 7) is 1.40. The van der Waals surface area contributed by atoms with Gasteiger partial charge in [0.05, 0.1) is 18.7 Å². The van der Waals surface area contributed by atoms with Crippen LogP contribution in [0.15, 0.2) is 39.2 Å². The van der Waals surface area contributed by atoms with Crippen LogP contribution in [-0.2, 0) is 9.53 Å². The Kier molecular flexibility index (Phi) is 4.49. The predicted molar refractivity (Wildman–Crippen MR) is 73.4 cm³/mol. The zero-order chi connectivity index (χ0) is 14.7. The van der Waals surface area contributed by atoms with E-state index in [1.165, 1.54) is 18.2 Å². The molecule has 0 bridgehead atoms. The molecule has 0 spiro atoms. The number of carbonyl (C=O) groups is 1. The first-order valence-corrected chi connectivity index (χ1v) is 6.65. The lowest BCUT2D eigenvalue weighted by Crippen LogP contribution is -2.34. The van der Waals surface area contributed by atoms with Gasteiger partial charge in [-0.2, -0.15) is 0 Å². The maximum absolute atomic E-state index is 13.8. The summed E-state index contributed by atoms with van der Waals surface area (Å²) in [5.41, 5.74) is -0.190. The number of nitrogens with one attached hydrogen (secondary N) is 1. The molecule has 1 aromatic carbocycles. The van der Waals surface area contributed by atoms with Crippen molar-refractivity contribution in [2.24, 2.45) is 4.99 Å². The van der Waals surface area contributed by atoms with Gasteiger partial charge in [-0.25, -0.2) is 13.6 Å². The summed E-state index contributed by atoms with van der Waals surface area (Å²) < 4.78 is 32.7. The molecule has 0 aliphatic carbocycles. The quantitative estimate of drug-likeness (QED) is 0.857. The third kappa shape index (κ3) is 3.04. The molecule has 0 saturated heterocycles. The second kappa shape index (κ2) is 6.13. The Morgan fingerprint density at radius 1 is 1.50 bits per heavy atom. The molecule has 1 N–H and O–H groups in total. The minimum absolute atomic E-state index is 0.0910. The molecule has 20 heavy (non-hydrogen) atoms. The molecule has 0 aromatic heterocycles. The summed E-state index contributed by atoms with van der Waals surface area (Å²) in [6.07, 6.45) is 0. The number of halogens is 3. The van der Waals surface area contributed by atoms with Gasteiger partial charge in [0, 0.05) is 4.47 Å². The van der Waals surface area contributed by atoms with Gasteiger partial charge in [0.25, 0.3) is 0 Å². The van der Waals surface area contributed by atoms with Crippen LogP contribution in [0.2, 0.25) is 0 Å². The summed E-state index contributed by atoms with van der Waals surface area (Å²) in [5, 5.41) is 2.49. The standard InChI is InChI=1S/C13H11BrF2N2O2/c1-2-20-13(19)11-10(16)6-17-12(18-11)8-5-7(14)3-4-9(8)15/h3-5H,2,6H2,1H3,(H,17,18). The van der Waals surface area contributed by atoms with Gasteiger partial charge >= 0.3 is 5.97 Å². The number of rotatable bonds is 3. The zero-order valence-electron chi connectivity index (χ0n) is 10.5. The monoisotopic (exact) mass is 344 g/mol. The Morgan fingerprint density at radius 2 is 2.25 bits per heavy atom. The number of amidine groups is 1. The molecule has 0 radical (unpaired) electrons. The fraction of sp³-hybridized carbons (Fsp3) is 0.231. The van der Waals surface area contributed by atoms with Crippen LogP contribution in [0.5, 0.6) is 0 Å². The molecule has 0 fully saturated rings. The van der Waals surface area contributed by atoms with E-state index in [0.717, 1.165) is 0 Å². The Morgan fingerprint density at radius 3 is 2.95 bits per heavy atom. The van der Waals surface area contributed by atoms with Gasteiger partial charge in [-0.1, -0.05) is 15.9 Å². The third-order valence-electron chi connectivity index (χ3n) is 2.55. The maximum atomic E-state index is 13.8. The van der Waals surface area contributed by atoms with E-state index in [4.69, 9.17) is 4.74 Å². The number of carbonyl (C=O) groups excluding carboxylic acids is 1. The number of hydrogen-bond donors (Lipinski definition) is 1. The first-order chi connectivity index (χ1) is 9.52. The van der Waals surface area contributed by atoms with Gasteiger partial charge in [0.1, 0.15) is 11.7 Å². The molecule has 0 unspecified atom stereocenters. The molecule has 2 rings (SSSR count). The average molecular weight is 345 g/mol. The SMILES string of the molecule is CCOC(=O)C1=C(F)CN=C(c2cc(Br)ccc2F)N1. The predicted octanol–water partition coefficient (Wildman–Crippen LogP) is 2.68. The zero-order valence-corrected chi connectivity index (χ0v) is 12.1. The van der Waals surface area contributed by atoms with Crippen molar-refractivity contribution in [2.75, 3.05) is 13.2 Å². The fourth-order valence-corrected chi connectivity index (χ4v) is 2.01. The highest BCUT2D eigenvalue weighted by atomic mass is 79.9. The van der Waals surface area contributed by atoms with Crippen molar-refractivity contribution in [1.29, 1.82) is 0 Å². The lowest BCUT2D eigenvalue weighted by Gasteiger charge is -2.18. The number of nitrogens with zero attached hydrogens (tertiary/aromatic N) is 1. The Labute approximate surface area is 122 Å². The molecule has 0 saturated carbocycles. The number of aliphatic imine (C=N–C) groups is 1. The molecule has 1 aliphatic rings. The summed E-state index contributed by atoms with van der Waals surface area (Å²) in [4.78, 5) is 15.5. The van der Waals surface area contributed by atoms with E-state index in [-0.39, 0.29) is 30.2 Å². The van der Waals surface area contributed by atoms with Crippen LogP contribution in [0.4, 0.5) is 8.78 Å². The van der Waals surface area contributed by atoms with Gasteiger partial charge in [0.15, 0.2) is 11.5 Å². The second-order valence-electron chi connectivity index (χ2n) is 3.91. The largest absolute Gasteiger partial charge is 0.461 e. The van der Waals surface area contributed by atoms with Gasteiger partial charge < -0.3 is 10.1 Å². The van der Waals surface area contributed by atoms with E-state index in [0.29, 0.717) is 4.47 Å². The topological polar surface area (TPSA) is 50.7 Å². The van der Waals surface area contributed by atoms with E-state index < -0.39 is 17.6 Å². The molecule has 4 nitrogen and oxygen atoms in total. The molecule has 1 aromatic rings. The Bertz CT molecular complexity index is 614. The molecule has 106 valence electrons. The smallest absolute Gasteiger partial charge is 0.357 e. The van der Waals surface area contributed by atoms with Crippen molar-refractivity contribution in [3.8, 4) is 0 Å². The van der Waals surface area contributed by atoms with Crippen LogP contribution in [-0.4, -0.2) is 25.0 Å². The maximum Gasteiger partial charge on any atom is 0.357 e. The van der Waals surface area contributed by atoms with E-state index in [2.05, 4.69) is 26.2 Å². The molecule has 0 amide bonds. The average Bonchev–Trinajstić information content (AvgIpc) is 2.42. The van der Waals surface area contributed by atoms with Crippen LogP contribution in [0, 0.1) is 5.82 Å². The molecule has 7 heteroatoms. The minimum atomic E-state index is -0.826. The van der Waals surface area contributed by atoms with E-state index >= 15 is 0 Å². The first kappa shape index (κ1) is 14.6. The normalized spacial score (nSPS) is 14.7. The summed E-state index contributed by atoms with van der Waals surface area (Å²) in [5.74, 6) is -1.99. The van der Waals surface area contributed by atoms with Gasteiger partial charge in [-0.15, -0.1) is 0 Å². The van der Waals surface area contributed by atoms with Crippen LogP contribution < -0.4 is 5.32 Å². The highest BCUT2D eigenvalue weighted by molar-refractivity contribution is 9.10. The first-order valence-electron chi connectivity index (χ1n) is 5.85. The number of ether oxygens (including phenoxy) is 1. The van der Waals surface area contributed by atoms with Crippen LogP contribution in [0.25, 0.3) is 0 Å². The lowest BCUT2D eigenvalue weighted by atomic mass is 10.1. The Balaban J connectivity index is 2.29. The highest BCUT2D eigenvalue weighted by Gasteiger charge is 2.24. The van der Waals surface area contributed by atoms with Crippen molar-refractivity contribution in [3.05, 3.63) is 45.6 Å². The van der Waals surface area contributed by atoms with Crippen molar-refractivity contribution < 1.29 is 18.3 Å².